The van der Waals surface area contributed by atoms with Crippen LogP contribution >= 0.6 is 0 Å². The van der Waals surface area contributed by atoms with Gasteiger partial charge in [-0.1, -0.05) is 36.4 Å². The van der Waals surface area contributed by atoms with Crippen LogP contribution in [0.5, 0.6) is 0 Å². The molecule has 0 atom stereocenters. The van der Waals surface area contributed by atoms with Crippen LogP contribution in [0.1, 0.15) is 0 Å². The summed E-state index contributed by atoms with van der Waals surface area (Å²) in [4.78, 5) is 24.3. The van der Waals surface area contributed by atoms with Crippen molar-refractivity contribution in [1.29, 1.82) is 0 Å². The van der Waals surface area contributed by atoms with Crippen molar-refractivity contribution in [2.75, 3.05) is 5.32 Å². The molecule has 0 unspecified atom stereocenters. The van der Waals surface area contributed by atoms with Gasteiger partial charge in [-0.2, -0.15) is 4.98 Å². The first-order valence-corrected chi connectivity index (χ1v) is 9.08. The van der Waals surface area contributed by atoms with Gasteiger partial charge in [-0.3, -0.25) is 9.78 Å². The second-order valence-electron chi connectivity index (χ2n) is 6.67. The molecule has 2 heterocycles. The van der Waals surface area contributed by atoms with Gasteiger partial charge in [-0.15, -0.1) is 0 Å². The molecule has 5 aromatic rings. The predicted octanol–water partition coefficient (Wildman–Crippen LogP) is 5.02. The number of nitrogens with one attached hydrogen (secondary N) is 2. The van der Waals surface area contributed by atoms with Gasteiger partial charge in [0, 0.05) is 11.9 Å². The predicted molar refractivity (Wildman–Crippen MR) is 113 cm³/mol. The van der Waals surface area contributed by atoms with Gasteiger partial charge >= 0.3 is 0 Å². The van der Waals surface area contributed by atoms with E-state index in [1.54, 1.807) is 18.3 Å². The minimum Gasteiger partial charge on any atom is -0.326 e. The summed E-state index contributed by atoms with van der Waals surface area (Å²) < 4.78 is 13.1. The average molecular weight is 382 g/mol. The maximum atomic E-state index is 13.1. The van der Waals surface area contributed by atoms with E-state index in [0.717, 1.165) is 21.9 Å². The van der Waals surface area contributed by atoms with Crippen molar-refractivity contribution >= 4 is 33.4 Å². The van der Waals surface area contributed by atoms with Crippen LogP contribution in [-0.4, -0.2) is 15.0 Å². The summed E-state index contributed by atoms with van der Waals surface area (Å²) in [7, 11) is 0. The highest BCUT2D eigenvalue weighted by molar-refractivity contribution is 5.95. The lowest BCUT2D eigenvalue weighted by Gasteiger charge is -2.09. The Hall–Kier alpha value is -4.06. The summed E-state index contributed by atoms with van der Waals surface area (Å²) in [5.41, 5.74) is 2.34. The molecule has 2 N–H and O–H groups in total. The fourth-order valence-corrected chi connectivity index (χ4v) is 3.39. The van der Waals surface area contributed by atoms with Crippen LogP contribution < -0.4 is 10.9 Å². The molecular weight excluding hydrogens is 367 g/mol. The van der Waals surface area contributed by atoms with Gasteiger partial charge in [0.15, 0.2) is 5.65 Å². The van der Waals surface area contributed by atoms with Crippen LogP contribution in [-0.2, 0) is 0 Å². The van der Waals surface area contributed by atoms with Gasteiger partial charge in [0.2, 0.25) is 5.95 Å². The fraction of sp³-hybridized carbons (Fsp3) is 0. The Labute approximate surface area is 164 Å². The normalized spacial score (nSPS) is 11.1. The first-order chi connectivity index (χ1) is 14.2. The standard InChI is InChI=1S/C23H15FN4O/c24-17-7-9-18(10-8-17)26-23-27-21-20(22(29)28-23)19(11-12-25-21)16-6-5-14-3-1-2-4-15(14)13-16/h1-13H,(H2,25,26,27,28,29). The summed E-state index contributed by atoms with van der Waals surface area (Å²) in [6.07, 6.45) is 1.64. The van der Waals surface area contributed by atoms with E-state index in [9.17, 15) is 9.18 Å². The Morgan fingerprint density at radius 1 is 0.897 bits per heavy atom. The molecular formula is C23H15FN4O. The number of hydrogen-bond donors (Lipinski definition) is 2. The van der Waals surface area contributed by atoms with E-state index in [1.807, 2.05) is 48.5 Å². The maximum Gasteiger partial charge on any atom is 0.262 e. The summed E-state index contributed by atoms with van der Waals surface area (Å²) in [5.74, 6) is -0.0884. The molecule has 0 bridgehead atoms. The van der Waals surface area contributed by atoms with Crippen molar-refractivity contribution in [3.63, 3.8) is 0 Å². The van der Waals surface area contributed by atoms with Crippen LogP contribution in [0, 0.1) is 5.82 Å². The number of fused-ring (bicyclic) bond motifs is 2. The number of rotatable bonds is 3. The van der Waals surface area contributed by atoms with Crippen molar-refractivity contribution < 1.29 is 4.39 Å². The van der Waals surface area contributed by atoms with Crippen molar-refractivity contribution in [3.05, 3.63) is 95.2 Å². The van der Waals surface area contributed by atoms with Crippen molar-refractivity contribution in [1.82, 2.24) is 15.0 Å². The van der Waals surface area contributed by atoms with Crippen molar-refractivity contribution in [3.8, 4) is 11.1 Å². The lowest BCUT2D eigenvalue weighted by molar-refractivity contribution is 0.628. The van der Waals surface area contributed by atoms with E-state index in [0.29, 0.717) is 16.7 Å². The third-order valence-corrected chi connectivity index (χ3v) is 4.78. The summed E-state index contributed by atoms with van der Waals surface area (Å²) >= 11 is 0. The molecule has 0 spiro atoms. The number of H-pyrrole nitrogens is 1. The molecule has 2 aromatic heterocycles. The molecule has 3 aromatic carbocycles. The maximum absolute atomic E-state index is 13.1. The lowest BCUT2D eigenvalue weighted by atomic mass is 10.00. The first-order valence-electron chi connectivity index (χ1n) is 9.08. The van der Waals surface area contributed by atoms with Gasteiger partial charge < -0.3 is 5.32 Å². The van der Waals surface area contributed by atoms with E-state index < -0.39 is 0 Å². The summed E-state index contributed by atoms with van der Waals surface area (Å²) in [6.45, 7) is 0. The Morgan fingerprint density at radius 3 is 2.52 bits per heavy atom. The van der Waals surface area contributed by atoms with Crippen LogP contribution in [0.4, 0.5) is 16.0 Å². The van der Waals surface area contributed by atoms with Crippen LogP contribution in [0.15, 0.2) is 83.8 Å². The smallest absolute Gasteiger partial charge is 0.262 e. The molecule has 0 fully saturated rings. The van der Waals surface area contributed by atoms with Gasteiger partial charge in [-0.25, -0.2) is 9.37 Å². The molecule has 0 saturated heterocycles. The average Bonchev–Trinajstić information content (AvgIpc) is 2.74. The highest BCUT2D eigenvalue weighted by Gasteiger charge is 2.12. The number of nitrogens with zero attached hydrogens (tertiary/aromatic N) is 2. The van der Waals surface area contributed by atoms with Crippen molar-refractivity contribution in [2.45, 2.75) is 0 Å². The summed E-state index contributed by atoms with van der Waals surface area (Å²) in [5, 5.41) is 5.62. The number of hydrogen-bond acceptors (Lipinski definition) is 4. The molecule has 0 saturated carbocycles. The second-order valence-corrected chi connectivity index (χ2v) is 6.67. The zero-order valence-corrected chi connectivity index (χ0v) is 15.2. The highest BCUT2D eigenvalue weighted by atomic mass is 19.1. The Morgan fingerprint density at radius 2 is 1.69 bits per heavy atom. The second kappa shape index (κ2) is 6.83. The number of pyridine rings is 1. The molecule has 0 aliphatic heterocycles. The molecule has 0 aliphatic rings. The van der Waals surface area contributed by atoms with Crippen LogP contribution in [0.2, 0.25) is 0 Å². The largest absolute Gasteiger partial charge is 0.326 e. The van der Waals surface area contributed by atoms with E-state index in [-0.39, 0.29) is 17.3 Å². The summed E-state index contributed by atoms with van der Waals surface area (Å²) in [6, 6.07) is 21.7. The molecule has 140 valence electrons. The van der Waals surface area contributed by atoms with E-state index >= 15 is 0 Å². The molecule has 0 radical (unpaired) electrons. The third-order valence-electron chi connectivity index (χ3n) is 4.78. The number of halogens is 1. The zero-order chi connectivity index (χ0) is 19.8. The topological polar surface area (TPSA) is 70.7 Å². The number of aromatic amines is 1. The number of anilines is 2. The van der Waals surface area contributed by atoms with Crippen LogP contribution in [0.3, 0.4) is 0 Å². The molecule has 29 heavy (non-hydrogen) atoms. The minimum absolute atomic E-state index is 0.247. The minimum atomic E-state index is -0.336. The van der Waals surface area contributed by atoms with E-state index in [1.165, 1.54) is 12.1 Å². The third kappa shape index (κ3) is 3.21. The number of benzene rings is 3. The molecule has 5 rings (SSSR count). The zero-order valence-electron chi connectivity index (χ0n) is 15.2. The molecule has 5 nitrogen and oxygen atoms in total. The quantitative estimate of drug-likeness (QED) is 0.460. The van der Waals surface area contributed by atoms with Crippen molar-refractivity contribution in [2.24, 2.45) is 0 Å². The molecule has 0 amide bonds. The first kappa shape index (κ1) is 17.1. The molecule has 0 aliphatic carbocycles. The lowest BCUT2D eigenvalue weighted by Crippen LogP contribution is -2.13. The van der Waals surface area contributed by atoms with E-state index in [2.05, 4.69) is 20.3 Å². The number of aromatic nitrogens is 3. The Balaban J connectivity index is 1.62. The monoisotopic (exact) mass is 382 g/mol. The Bertz CT molecular complexity index is 1410. The van der Waals surface area contributed by atoms with Gasteiger partial charge in [0.1, 0.15) is 5.82 Å². The van der Waals surface area contributed by atoms with Gasteiger partial charge in [0.05, 0.1) is 5.39 Å². The molecule has 6 heteroatoms. The van der Waals surface area contributed by atoms with Gasteiger partial charge in [-0.05, 0) is 58.3 Å². The Kier molecular flexibility index (Phi) is 4.02. The highest BCUT2D eigenvalue weighted by Crippen LogP contribution is 2.28. The van der Waals surface area contributed by atoms with E-state index in [4.69, 9.17) is 0 Å². The fourth-order valence-electron chi connectivity index (χ4n) is 3.39. The van der Waals surface area contributed by atoms with Crippen LogP contribution in [0.25, 0.3) is 32.9 Å². The van der Waals surface area contributed by atoms with Gasteiger partial charge in [0.25, 0.3) is 5.56 Å². The SMILES string of the molecule is O=c1[nH]c(Nc2ccc(F)cc2)nc2nccc(-c3ccc4ccccc4c3)c12.